The van der Waals surface area contributed by atoms with Gasteiger partial charge in [-0.2, -0.15) is 0 Å². The van der Waals surface area contributed by atoms with Crippen molar-refractivity contribution in [2.75, 3.05) is 59.8 Å². The van der Waals surface area contributed by atoms with Crippen molar-refractivity contribution in [1.82, 2.24) is 4.90 Å². The summed E-state index contributed by atoms with van der Waals surface area (Å²) in [7, 11) is 1.64. The van der Waals surface area contributed by atoms with E-state index in [2.05, 4.69) is 4.90 Å². The van der Waals surface area contributed by atoms with Crippen LogP contribution in [0.2, 0.25) is 0 Å². The molecule has 2 unspecified atom stereocenters. The SMILES string of the molecule is COCCOCCOCCN1CC(C)C(C(=O)O)C1. The first-order valence-corrected chi connectivity index (χ1v) is 6.74. The Morgan fingerprint density at radius 2 is 1.79 bits per heavy atom. The summed E-state index contributed by atoms with van der Waals surface area (Å²) in [5, 5.41) is 9.03. The molecule has 19 heavy (non-hydrogen) atoms. The van der Waals surface area contributed by atoms with E-state index < -0.39 is 5.97 Å². The van der Waals surface area contributed by atoms with Crippen molar-refractivity contribution in [2.45, 2.75) is 6.92 Å². The van der Waals surface area contributed by atoms with E-state index in [0.717, 1.165) is 13.1 Å². The average molecular weight is 275 g/mol. The highest BCUT2D eigenvalue weighted by Gasteiger charge is 2.34. The molecule has 0 spiro atoms. The summed E-state index contributed by atoms with van der Waals surface area (Å²) in [6.45, 7) is 7.18. The third kappa shape index (κ3) is 6.33. The Morgan fingerprint density at radius 3 is 2.37 bits per heavy atom. The molecule has 0 radical (unpaired) electrons. The molecule has 0 saturated carbocycles. The summed E-state index contributed by atoms with van der Waals surface area (Å²) >= 11 is 0. The average Bonchev–Trinajstić information content (AvgIpc) is 2.74. The number of methoxy groups -OCH3 is 1. The minimum atomic E-state index is -0.692. The molecule has 0 aliphatic carbocycles. The van der Waals surface area contributed by atoms with Crippen LogP contribution in [-0.2, 0) is 19.0 Å². The summed E-state index contributed by atoms with van der Waals surface area (Å²) < 4.78 is 15.6. The first-order chi connectivity index (χ1) is 9.15. The zero-order valence-electron chi connectivity index (χ0n) is 11.8. The van der Waals surface area contributed by atoms with Crippen LogP contribution in [0.1, 0.15) is 6.92 Å². The highest BCUT2D eigenvalue weighted by molar-refractivity contribution is 5.71. The Morgan fingerprint density at radius 1 is 1.16 bits per heavy atom. The molecule has 1 saturated heterocycles. The summed E-state index contributed by atoms with van der Waals surface area (Å²) in [6, 6.07) is 0. The van der Waals surface area contributed by atoms with Gasteiger partial charge < -0.3 is 19.3 Å². The van der Waals surface area contributed by atoms with Gasteiger partial charge in [-0.05, 0) is 5.92 Å². The van der Waals surface area contributed by atoms with Crippen molar-refractivity contribution >= 4 is 5.97 Å². The number of aliphatic carboxylic acids is 1. The zero-order valence-corrected chi connectivity index (χ0v) is 11.8. The van der Waals surface area contributed by atoms with Crippen LogP contribution in [0.5, 0.6) is 0 Å². The highest BCUT2D eigenvalue weighted by Crippen LogP contribution is 2.22. The van der Waals surface area contributed by atoms with E-state index in [1.165, 1.54) is 0 Å². The van der Waals surface area contributed by atoms with Crippen LogP contribution in [-0.4, -0.2) is 75.8 Å². The van der Waals surface area contributed by atoms with Gasteiger partial charge in [0, 0.05) is 26.7 Å². The fourth-order valence-corrected chi connectivity index (χ4v) is 2.23. The molecule has 0 bridgehead atoms. The number of ether oxygens (including phenoxy) is 3. The minimum Gasteiger partial charge on any atom is -0.481 e. The molecule has 0 amide bonds. The van der Waals surface area contributed by atoms with Crippen LogP contribution in [0.25, 0.3) is 0 Å². The monoisotopic (exact) mass is 275 g/mol. The molecule has 1 N–H and O–H groups in total. The summed E-state index contributed by atoms with van der Waals surface area (Å²) in [5.41, 5.74) is 0. The van der Waals surface area contributed by atoms with Crippen molar-refractivity contribution in [3.8, 4) is 0 Å². The Balaban J connectivity index is 1.97. The highest BCUT2D eigenvalue weighted by atomic mass is 16.5. The van der Waals surface area contributed by atoms with Crippen molar-refractivity contribution in [1.29, 1.82) is 0 Å². The predicted octanol–water partition coefficient (Wildman–Crippen LogP) is 0.319. The van der Waals surface area contributed by atoms with E-state index in [0.29, 0.717) is 39.6 Å². The van der Waals surface area contributed by atoms with Crippen molar-refractivity contribution < 1.29 is 24.1 Å². The lowest BCUT2D eigenvalue weighted by molar-refractivity contribution is -0.142. The summed E-state index contributed by atoms with van der Waals surface area (Å²) in [4.78, 5) is 13.1. The molecule has 1 aliphatic heterocycles. The number of rotatable bonds is 10. The summed E-state index contributed by atoms with van der Waals surface area (Å²) in [6.07, 6.45) is 0. The van der Waals surface area contributed by atoms with Crippen LogP contribution in [0.4, 0.5) is 0 Å². The molecule has 0 aromatic heterocycles. The van der Waals surface area contributed by atoms with Gasteiger partial charge in [0.2, 0.25) is 0 Å². The van der Waals surface area contributed by atoms with Gasteiger partial charge in [-0.15, -0.1) is 0 Å². The lowest BCUT2D eigenvalue weighted by Crippen LogP contribution is -2.27. The van der Waals surface area contributed by atoms with E-state index in [-0.39, 0.29) is 11.8 Å². The van der Waals surface area contributed by atoms with E-state index in [9.17, 15) is 4.79 Å². The molecule has 2 atom stereocenters. The van der Waals surface area contributed by atoms with Crippen molar-refractivity contribution in [3.05, 3.63) is 0 Å². The van der Waals surface area contributed by atoms with Gasteiger partial charge in [0.05, 0.1) is 39.0 Å². The molecule has 6 nitrogen and oxygen atoms in total. The van der Waals surface area contributed by atoms with E-state index in [1.54, 1.807) is 7.11 Å². The number of hydrogen-bond acceptors (Lipinski definition) is 5. The van der Waals surface area contributed by atoms with Gasteiger partial charge in [0.1, 0.15) is 0 Å². The lowest BCUT2D eigenvalue weighted by atomic mass is 9.99. The molecule has 1 rings (SSSR count). The number of nitrogens with zero attached hydrogens (tertiary/aromatic N) is 1. The number of hydrogen-bond donors (Lipinski definition) is 1. The molecule has 0 aromatic carbocycles. The third-order valence-corrected chi connectivity index (χ3v) is 3.36. The van der Waals surface area contributed by atoms with Crippen molar-refractivity contribution in [3.63, 3.8) is 0 Å². The molecular weight excluding hydrogens is 250 g/mol. The molecule has 0 aromatic rings. The second-order valence-electron chi connectivity index (χ2n) is 4.90. The molecule has 1 fully saturated rings. The van der Waals surface area contributed by atoms with Crippen LogP contribution >= 0.6 is 0 Å². The van der Waals surface area contributed by atoms with E-state index >= 15 is 0 Å². The van der Waals surface area contributed by atoms with Gasteiger partial charge in [-0.3, -0.25) is 9.69 Å². The number of likely N-dealkylation sites (tertiary alicyclic amines) is 1. The van der Waals surface area contributed by atoms with Gasteiger partial charge in [0.25, 0.3) is 0 Å². The predicted molar refractivity (Wildman–Crippen MR) is 70.2 cm³/mol. The Labute approximate surface area is 114 Å². The topological polar surface area (TPSA) is 68.2 Å². The van der Waals surface area contributed by atoms with E-state index in [1.807, 2.05) is 6.92 Å². The number of carbonyl (C=O) groups is 1. The van der Waals surface area contributed by atoms with Crippen LogP contribution in [0.3, 0.4) is 0 Å². The van der Waals surface area contributed by atoms with Gasteiger partial charge in [0.15, 0.2) is 0 Å². The molecule has 1 heterocycles. The molecular formula is C13H25NO5. The third-order valence-electron chi connectivity index (χ3n) is 3.36. The molecule has 1 aliphatic rings. The van der Waals surface area contributed by atoms with Crippen molar-refractivity contribution in [2.24, 2.45) is 11.8 Å². The maximum atomic E-state index is 11.0. The quantitative estimate of drug-likeness (QED) is 0.579. The minimum absolute atomic E-state index is 0.217. The Bertz CT molecular complexity index is 261. The second kappa shape index (κ2) is 9.25. The second-order valence-corrected chi connectivity index (χ2v) is 4.90. The fourth-order valence-electron chi connectivity index (χ4n) is 2.23. The molecule has 112 valence electrons. The maximum absolute atomic E-state index is 11.0. The zero-order chi connectivity index (χ0) is 14.1. The normalized spacial score (nSPS) is 23.9. The first-order valence-electron chi connectivity index (χ1n) is 6.74. The maximum Gasteiger partial charge on any atom is 0.308 e. The number of carboxylic acid groups (broad SMARTS) is 1. The fraction of sp³-hybridized carbons (Fsp3) is 0.923. The Kier molecular flexibility index (Phi) is 7.97. The van der Waals surface area contributed by atoms with Gasteiger partial charge in [-0.1, -0.05) is 6.92 Å². The summed E-state index contributed by atoms with van der Waals surface area (Å²) in [5.74, 6) is -0.713. The van der Waals surface area contributed by atoms with E-state index in [4.69, 9.17) is 19.3 Å². The van der Waals surface area contributed by atoms with Crippen LogP contribution < -0.4 is 0 Å². The van der Waals surface area contributed by atoms with Crippen LogP contribution in [0, 0.1) is 11.8 Å². The standard InChI is InChI=1S/C13H25NO5/c1-11-9-14(10-12(11)13(15)16)3-4-18-7-8-19-6-5-17-2/h11-12H,3-10H2,1-2H3,(H,15,16). The Hall–Kier alpha value is -0.690. The number of carboxylic acids is 1. The first kappa shape index (κ1) is 16.4. The lowest BCUT2D eigenvalue weighted by Gasteiger charge is -2.15. The largest absolute Gasteiger partial charge is 0.481 e. The smallest absolute Gasteiger partial charge is 0.308 e. The molecule has 6 heteroatoms. The van der Waals surface area contributed by atoms with Gasteiger partial charge in [-0.25, -0.2) is 0 Å². The van der Waals surface area contributed by atoms with Crippen LogP contribution in [0.15, 0.2) is 0 Å². The van der Waals surface area contributed by atoms with Gasteiger partial charge >= 0.3 is 5.97 Å².